The molecule has 0 amide bonds. The van der Waals surface area contributed by atoms with E-state index in [4.69, 9.17) is 5.73 Å². The van der Waals surface area contributed by atoms with Crippen molar-refractivity contribution in [2.45, 2.75) is 33.0 Å². The van der Waals surface area contributed by atoms with E-state index >= 15 is 0 Å². The molecule has 0 aliphatic rings. The van der Waals surface area contributed by atoms with Crippen molar-refractivity contribution in [1.82, 2.24) is 14.9 Å². The summed E-state index contributed by atoms with van der Waals surface area (Å²) >= 11 is 0. The van der Waals surface area contributed by atoms with Gasteiger partial charge in [-0.05, 0) is 44.5 Å². The number of nitrogens with zero attached hydrogens (tertiary/aromatic N) is 2. The third-order valence-electron chi connectivity index (χ3n) is 3.05. The van der Waals surface area contributed by atoms with E-state index in [0.29, 0.717) is 6.67 Å². The minimum atomic E-state index is -0.0913. The van der Waals surface area contributed by atoms with Crippen LogP contribution in [0.15, 0.2) is 29.2 Å². The van der Waals surface area contributed by atoms with Crippen LogP contribution in [0.1, 0.15) is 18.9 Å². The average molecular weight is 260 g/mol. The fourth-order valence-electron chi connectivity index (χ4n) is 1.96. The largest absolute Gasteiger partial charge is 0.328 e. The number of aryl methyl sites for hydroxylation is 1. The maximum absolute atomic E-state index is 11.9. The summed E-state index contributed by atoms with van der Waals surface area (Å²) in [6.07, 6.45) is 2.25. The second-order valence-corrected chi connectivity index (χ2v) is 4.94. The summed E-state index contributed by atoms with van der Waals surface area (Å²) in [7, 11) is 0. The molecule has 1 heterocycles. The number of hydrogen-bond donors (Lipinski definition) is 2. The van der Waals surface area contributed by atoms with Gasteiger partial charge in [0.05, 0.1) is 23.9 Å². The predicted octanol–water partition coefficient (Wildman–Crippen LogP) is 0.989. The first-order valence-electron chi connectivity index (χ1n) is 6.50. The molecular weight excluding hydrogens is 240 g/mol. The molecule has 0 aliphatic carbocycles. The zero-order chi connectivity index (χ0) is 13.8. The zero-order valence-electron chi connectivity index (χ0n) is 11.4. The van der Waals surface area contributed by atoms with Gasteiger partial charge in [0, 0.05) is 6.04 Å². The van der Waals surface area contributed by atoms with Crippen LogP contribution < -0.4 is 16.6 Å². The molecule has 1 aromatic heterocycles. The van der Waals surface area contributed by atoms with E-state index in [0.717, 1.165) is 29.6 Å². The van der Waals surface area contributed by atoms with Crippen LogP contribution in [0.25, 0.3) is 11.0 Å². The van der Waals surface area contributed by atoms with Gasteiger partial charge in [0.15, 0.2) is 0 Å². The lowest BCUT2D eigenvalue weighted by Crippen LogP contribution is -2.31. The molecule has 2 rings (SSSR count). The lowest BCUT2D eigenvalue weighted by molar-refractivity contribution is 0.520. The van der Waals surface area contributed by atoms with Crippen LogP contribution in [0.2, 0.25) is 0 Å². The molecule has 0 saturated heterocycles. The third-order valence-corrected chi connectivity index (χ3v) is 3.05. The Balaban J connectivity index is 2.23. The molecule has 1 aromatic carbocycles. The van der Waals surface area contributed by atoms with Crippen molar-refractivity contribution in [2.24, 2.45) is 5.73 Å². The van der Waals surface area contributed by atoms with Crippen molar-refractivity contribution >= 4 is 11.0 Å². The summed E-state index contributed by atoms with van der Waals surface area (Å²) in [5.74, 6) is 0. The fourth-order valence-corrected chi connectivity index (χ4v) is 1.96. The number of nitrogens with two attached hydrogens (primary N) is 1. The van der Waals surface area contributed by atoms with Gasteiger partial charge in [0.25, 0.3) is 5.56 Å². The van der Waals surface area contributed by atoms with Crippen LogP contribution in [-0.2, 0) is 6.67 Å². The van der Waals surface area contributed by atoms with Gasteiger partial charge < -0.3 is 5.73 Å². The van der Waals surface area contributed by atoms with Gasteiger partial charge in [-0.15, -0.1) is 0 Å². The molecule has 19 heavy (non-hydrogen) atoms. The lowest BCUT2D eigenvalue weighted by Gasteiger charge is -2.12. The smallest absolute Gasteiger partial charge is 0.270 e. The van der Waals surface area contributed by atoms with Crippen molar-refractivity contribution < 1.29 is 0 Å². The minimum Gasteiger partial charge on any atom is -0.328 e. The molecule has 0 bridgehead atoms. The highest BCUT2D eigenvalue weighted by molar-refractivity contribution is 5.75. The summed E-state index contributed by atoms with van der Waals surface area (Å²) in [6, 6.07) is 6.08. The van der Waals surface area contributed by atoms with Gasteiger partial charge in [0.1, 0.15) is 0 Å². The van der Waals surface area contributed by atoms with Crippen LogP contribution in [0, 0.1) is 6.92 Å². The predicted molar refractivity (Wildman–Crippen MR) is 77.0 cm³/mol. The van der Waals surface area contributed by atoms with E-state index in [2.05, 4.69) is 10.3 Å². The van der Waals surface area contributed by atoms with Crippen LogP contribution in [-0.4, -0.2) is 22.1 Å². The Morgan fingerprint density at radius 3 is 3.00 bits per heavy atom. The third kappa shape index (κ3) is 3.39. The van der Waals surface area contributed by atoms with Gasteiger partial charge in [-0.2, -0.15) is 0 Å². The second-order valence-electron chi connectivity index (χ2n) is 4.94. The van der Waals surface area contributed by atoms with E-state index in [1.165, 1.54) is 6.20 Å². The van der Waals surface area contributed by atoms with Crippen molar-refractivity contribution in [1.29, 1.82) is 0 Å². The van der Waals surface area contributed by atoms with Crippen molar-refractivity contribution in [3.05, 3.63) is 40.3 Å². The maximum atomic E-state index is 11.9. The SMILES string of the molecule is Cc1ccc2ncc(=O)n(CNCCC(C)N)c2c1. The molecule has 0 saturated carbocycles. The topological polar surface area (TPSA) is 72.9 Å². The Morgan fingerprint density at radius 2 is 2.26 bits per heavy atom. The van der Waals surface area contributed by atoms with Crippen molar-refractivity contribution in [3.8, 4) is 0 Å². The van der Waals surface area contributed by atoms with Crippen molar-refractivity contribution in [2.75, 3.05) is 6.54 Å². The highest BCUT2D eigenvalue weighted by Gasteiger charge is 2.04. The molecule has 5 heteroatoms. The van der Waals surface area contributed by atoms with Crippen LogP contribution in [0.5, 0.6) is 0 Å². The molecule has 0 fully saturated rings. The van der Waals surface area contributed by atoms with Gasteiger partial charge in [0.2, 0.25) is 0 Å². The van der Waals surface area contributed by atoms with Crippen molar-refractivity contribution in [3.63, 3.8) is 0 Å². The first-order valence-corrected chi connectivity index (χ1v) is 6.50. The standard InChI is InChI=1S/C14H20N4O/c1-10-3-4-12-13(7-10)18(14(19)8-17-12)9-16-6-5-11(2)15/h3-4,7-8,11,16H,5-6,9,15H2,1-2H3. The number of rotatable bonds is 5. The summed E-state index contributed by atoms with van der Waals surface area (Å²) in [6.45, 7) is 5.25. The Kier molecular flexibility index (Phi) is 4.29. The summed E-state index contributed by atoms with van der Waals surface area (Å²) in [4.78, 5) is 16.1. The number of fused-ring (bicyclic) bond motifs is 1. The van der Waals surface area contributed by atoms with Crippen LogP contribution in [0.3, 0.4) is 0 Å². The first kappa shape index (κ1) is 13.7. The van der Waals surface area contributed by atoms with Gasteiger partial charge >= 0.3 is 0 Å². The number of nitrogens with one attached hydrogen (secondary N) is 1. The maximum Gasteiger partial charge on any atom is 0.270 e. The Bertz CT molecular complexity index is 618. The summed E-state index contributed by atoms with van der Waals surface area (Å²) in [5.41, 5.74) is 8.41. The highest BCUT2D eigenvalue weighted by Crippen LogP contribution is 2.11. The van der Waals surface area contributed by atoms with E-state index in [9.17, 15) is 4.79 Å². The molecule has 3 N–H and O–H groups in total. The summed E-state index contributed by atoms with van der Waals surface area (Å²) in [5, 5.41) is 3.24. The Morgan fingerprint density at radius 1 is 1.47 bits per heavy atom. The molecule has 1 unspecified atom stereocenters. The quantitative estimate of drug-likeness (QED) is 0.786. The second kappa shape index (κ2) is 5.95. The van der Waals surface area contributed by atoms with Crippen LogP contribution in [0.4, 0.5) is 0 Å². The monoisotopic (exact) mass is 260 g/mol. The molecule has 0 radical (unpaired) electrons. The first-order chi connectivity index (χ1) is 9.08. The Hall–Kier alpha value is -1.72. The van der Waals surface area contributed by atoms with E-state index in [-0.39, 0.29) is 11.6 Å². The molecular formula is C14H20N4O. The van der Waals surface area contributed by atoms with Gasteiger partial charge in [-0.3, -0.25) is 14.7 Å². The molecule has 102 valence electrons. The fraction of sp³-hybridized carbons (Fsp3) is 0.429. The lowest BCUT2D eigenvalue weighted by atomic mass is 10.2. The van der Waals surface area contributed by atoms with Gasteiger partial charge in [-0.25, -0.2) is 4.98 Å². The van der Waals surface area contributed by atoms with Crippen LogP contribution >= 0.6 is 0 Å². The van der Waals surface area contributed by atoms with E-state index < -0.39 is 0 Å². The minimum absolute atomic E-state index is 0.0913. The highest BCUT2D eigenvalue weighted by atomic mass is 16.1. The Labute approximate surface area is 112 Å². The van der Waals surface area contributed by atoms with E-state index in [1.807, 2.05) is 32.0 Å². The molecule has 2 aromatic rings. The molecule has 1 atom stereocenters. The molecule has 5 nitrogen and oxygen atoms in total. The van der Waals surface area contributed by atoms with Gasteiger partial charge in [-0.1, -0.05) is 6.07 Å². The zero-order valence-corrected chi connectivity index (χ0v) is 11.4. The molecule has 0 aliphatic heterocycles. The number of benzene rings is 1. The van der Waals surface area contributed by atoms with E-state index in [1.54, 1.807) is 4.57 Å². The summed E-state index contributed by atoms with van der Waals surface area (Å²) < 4.78 is 1.70. The molecule has 0 spiro atoms. The average Bonchev–Trinajstić information content (AvgIpc) is 2.36. The normalized spacial score (nSPS) is 12.8. The number of aromatic nitrogens is 2. The number of hydrogen-bond acceptors (Lipinski definition) is 4.